The molecule has 0 spiro atoms. The minimum atomic E-state index is -3.29. The summed E-state index contributed by atoms with van der Waals surface area (Å²) in [7, 11) is -3.29. The lowest BCUT2D eigenvalue weighted by atomic mass is 10.1. The van der Waals surface area contributed by atoms with Crippen molar-refractivity contribution in [2.24, 2.45) is 0 Å². The Balaban J connectivity index is 3.28. The molecule has 0 aromatic heterocycles. The Morgan fingerprint density at radius 3 is 2.12 bits per heavy atom. The largest absolute Gasteiger partial charge is 0.325 e. The van der Waals surface area contributed by atoms with Crippen molar-refractivity contribution in [1.29, 1.82) is 0 Å². The van der Waals surface area contributed by atoms with Gasteiger partial charge in [-0.05, 0) is 13.3 Å². The van der Waals surface area contributed by atoms with Gasteiger partial charge >= 0.3 is 7.60 Å². The molecule has 0 fully saturated rings. The van der Waals surface area contributed by atoms with E-state index in [0.717, 1.165) is 12.8 Å². The van der Waals surface area contributed by atoms with E-state index < -0.39 is 7.60 Å². The molecule has 0 saturated heterocycles. The smallest absolute Gasteiger partial charge is 0.324 e. The Kier molecular flexibility index (Phi) is 9.29. The highest BCUT2D eigenvalue weighted by atomic mass is 31.2. The van der Waals surface area contributed by atoms with E-state index in [4.69, 9.17) is 9.42 Å². The van der Waals surface area contributed by atoms with Crippen LogP contribution < -0.4 is 0 Å². The van der Waals surface area contributed by atoms with Crippen LogP contribution in [0.4, 0.5) is 0 Å². The van der Waals surface area contributed by atoms with E-state index in [1.807, 2.05) is 6.92 Å². The Hall–Kier alpha value is 0.150. The molecule has 0 bridgehead atoms. The van der Waals surface area contributed by atoms with Gasteiger partial charge in [0.1, 0.15) is 0 Å². The lowest BCUT2D eigenvalue weighted by molar-refractivity contribution is 0.180. The summed E-state index contributed by atoms with van der Waals surface area (Å²) >= 11 is 0. The third kappa shape index (κ3) is 12.2. The van der Waals surface area contributed by atoms with Crippen LogP contribution in [0.3, 0.4) is 0 Å². The van der Waals surface area contributed by atoms with Crippen molar-refractivity contribution in [2.75, 3.05) is 6.66 Å². The van der Waals surface area contributed by atoms with Crippen molar-refractivity contribution in [1.82, 2.24) is 0 Å². The summed E-state index contributed by atoms with van der Waals surface area (Å²) in [6.45, 7) is 5.33. The lowest BCUT2D eigenvalue weighted by Crippen LogP contribution is -2.05. The fourth-order valence-corrected chi connectivity index (χ4v) is 2.55. The molecule has 98 valence electrons. The van der Waals surface area contributed by atoms with E-state index in [0.29, 0.717) is 0 Å². The molecule has 0 aliphatic carbocycles. The molecule has 4 heteroatoms. The molecule has 0 amide bonds. The molecular weight excluding hydrogens is 223 g/mol. The first kappa shape index (κ1) is 16.1. The topological polar surface area (TPSA) is 46.5 Å². The standard InChI is InChI=1S/C12H27O3P/c1-4-5-6-7-8-9-10-11-12(2)15-16(3,13)14/h12H,4-11H2,1-3H3,(H,13,14). The second-order valence-corrected chi connectivity index (χ2v) is 6.45. The van der Waals surface area contributed by atoms with Crippen molar-refractivity contribution < 1.29 is 14.0 Å². The normalized spacial score (nSPS) is 17.0. The number of hydrogen-bond acceptors (Lipinski definition) is 2. The van der Waals surface area contributed by atoms with Crippen LogP contribution in [-0.2, 0) is 9.09 Å². The van der Waals surface area contributed by atoms with Crippen LogP contribution in [-0.4, -0.2) is 17.7 Å². The SMILES string of the molecule is CCCCCCCCCC(C)OP(C)(=O)O. The predicted molar refractivity (Wildman–Crippen MR) is 68.9 cm³/mol. The second kappa shape index (κ2) is 9.21. The van der Waals surface area contributed by atoms with Crippen LogP contribution in [0.5, 0.6) is 0 Å². The van der Waals surface area contributed by atoms with Crippen molar-refractivity contribution >= 4 is 7.60 Å². The Labute approximate surface area is 100 Å². The van der Waals surface area contributed by atoms with Crippen LogP contribution in [0.15, 0.2) is 0 Å². The van der Waals surface area contributed by atoms with E-state index in [9.17, 15) is 4.57 Å². The molecule has 1 N–H and O–H groups in total. The Bertz CT molecular complexity index is 200. The highest BCUT2D eigenvalue weighted by Gasteiger charge is 2.14. The monoisotopic (exact) mass is 250 g/mol. The summed E-state index contributed by atoms with van der Waals surface area (Å²) in [5.74, 6) is 0. The zero-order valence-corrected chi connectivity index (χ0v) is 11.8. The van der Waals surface area contributed by atoms with E-state index >= 15 is 0 Å². The van der Waals surface area contributed by atoms with E-state index in [1.165, 1.54) is 45.2 Å². The van der Waals surface area contributed by atoms with Crippen LogP contribution in [0.25, 0.3) is 0 Å². The number of hydrogen-bond donors (Lipinski definition) is 1. The van der Waals surface area contributed by atoms with Crippen LogP contribution in [0.2, 0.25) is 0 Å². The van der Waals surface area contributed by atoms with E-state index in [2.05, 4.69) is 6.92 Å². The summed E-state index contributed by atoms with van der Waals surface area (Å²) in [4.78, 5) is 9.02. The zero-order chi connectivity index (χ0) is 12.4. The van der Waals surface area contributed by atoms with Crippen molar-refractivity contribution in [2.45, 2.75) is 71.3 Å². The Morgan fingerprint density at radius 1 is 1.12 bits per heavy atom. The van der Waals surface area contributed by atoms with E-state index in [-0.39, 0.29) is 6.10 Å². The molecule has 0 aromatic carbocycles. The molecule has 2 unspecified atom stereocenters. The zero-order valence-electron chi connectivity index (χ0n) is 10.9. The summed E-state index contributed by atoms with van der Waals surface area (Å²) < 4.78 is 16.0. The lowest BCUT2D eigenvalue weighted by Gasteiger charge is -2.14. The maximum atomic E-state index is 11.0. The number of unbranched alkanes of at least 4 members (excludes halogenated alkanes) is 6. The van der Waals surface area contributed by atoms with E-state index in [1.54, 1.807) is 0 Å². The summed E-state index contributed by atoms with van der Waals surface area (Å²) in [6, 6.07) is 0. The third-order valence-electron chi connectivity index (χ3n) is 2.59. The van der Waals surface area contributed by atoms with Gasteiger partial charge < -0.3 is 9.42 Å². The van der Waals surface area contributed by atoms with Crippen LogP contribution in [0.1, 0.15) is 65.2 Å². The fraction of sp³-hybridized carbons (Fsp3) is 1.00. The average molecular weight is 250 g/mol. The maximum Gasteiger partial charge on any atom is 0.325 e. The first-order valence-corrected chi connectivity index (χ1v) is 8.47. The van der Waals surface area contributed by atoms with Gasteiger partial charge in [-0.25, -0.2) is 0 Å². The molecule has 0 aliphatic heterocycles. The molecular formula is C12H27O3P. The highest BCUT2D eigenvalue weighted by molar-refractivity contribution is 7.51. The van der Waals surface area contributed by atoms with Crippen molar-refractivity contribution in [3.63, 3.8) is 0 Å². The fourth-order valence-electron chi connectivity index (χ4n) is 1.78. The van der Waals surface area contributed by atoms with Gasteiger partial charge in [-0.1, -0.05) is 51.9 Å². The second-order valence-electron chi connectivity index (χ2n) is 4.63. The average Bonchev–Trinajstić information content (AvgIpc) is 2.13. The minimum absolute atomic E-state index is 0.100. The predicted octanol–water partition coefficient (Wildman–Crippen LogP) is 4.35. The first-order valence-electron chi connectivity index (χ1n) is 6.44. The van der Waals surface area contributed by atoms with Gasteiger partial charge in [-0.15, -0.1) is 0 Å². The Morgan fingerprint density at radius 2 is 1.62 bits per heavy atom. The van der Waals surface area contributed by atoms with Gasteiger partial charge in [0.15, 0.2) is 0 Å². The van der Waals surface area contributed by atoms with Crippen molar-refractivity contribution in [3.8, 4) is 0 Å². The minimum Gasteiger partial charge on any atom is -0.324 e. The van der Waals surface area contributed by atoms with Crippen LogP contribution in [0, 0.1) is 0 Å². The molecule has 0 rings (SSSR count). The van der Waals surface area contributed by atoms with Gasteiger partial charge in [0.25, 0.3) is 0 Å². The molecule has 2 atom stereocenters. The highest BCUT2D eigenvalue weighted by Crippen LogP contribution is 2.39. The van der Waals surface area contributed by atoms with Gasteiger partial charge in [0.2, 0.25) is 0 Å². The van der Waals surface area contributed by atoms with Gasteiger partial charge in [-0.3, -0.25) is 4.57 Å². The summed E-state index contributed by atoms with van der Waals surface area (Å²) in [5.41, 5.74) is 0. The molecule has 0 aliphatic rings. The van der Waals surface area contributed by atoms with Gasteiger partial charge in [0.05, 0.1) is 6.10 Å². The summed E-state index contributed by atoms with van der Waals surface area (Å²) in [5, 5.41) is 0. The first-order chi connectivity index (χ1) is 7.45. The van der Waals surface area contributed by atoms with Crippen molar-refractivity contribution in [3.05, 3.63) is 0 Å². The third-order valence-corrected chi connectivity index (χ3v) is 3.34. The molecule has 0 aromatic rings. The number of rotatable bonds is 10. The summed E-state index contributed by atoms with van der Waals surface area (Å²) in [6.07, 6.45) is 9.62. The van der Waals surface area contributed by atoms with Gasteiger partial charge in [0, 0.05) is 6.66 Å². The quantitative estimate of drug-likeness (QED) is 0.463. The van der Waals surface area contributed by atoms with Gasteiger partial charge in [-0.2, -0.15) is 0 Å². The molecule has 0 saturated carbocycles. The molecule has 16 heavy (non-hydrogen) atoms. The molecule has 0 heterocycles. The van der Waals surface area contributed by atoms with Crippen LogP contribution >= 0.6 is 7.60 Å². The molecule has 0 radical (unpaired) electrons. The maximum absolute atomic E-state index is 11.0. The molecule has 3 nitrogen and oxygen atoms in total.